The molecule has 0 aromatic heterocycles. The van der Waals surface area contributed by atoms with Gasteiger partial charge in [0, 0.05) is 19.8 Å². The summed E-state index contributed by atoms with van der Waals surface area (Å²) in [5.41, 5.74) is 0. The number of rotatable bonds is 10. The first-order valence-corrected chi connectivity index (χ1v) is 7.57. The van der Waals surface area contributed by atoms with Crippen LogP contribution in [0.15, 0.2) is 0 Å². The largest absolute Gasteiger partial charge is 0.596 e. The molecule has 0 aliphatic rings. The van der Waals surface area contributed by atoms with Gasteiger partial charge in [-0.05, 0) is 27.3 Å². The molecule has 0 amide bonds. The lowest BCUT2D eigenvalue weighted by Crippen LogP contribution is -2.57. The smallest absolute Gasteiger partial charge is 0.361 e. The van der Waals surface area contributed by atoms with Crippen LogP contribution in [0.4, 0.5) is 0 Å². The molecule has 0 heterocycles. The van der Waals surface area contributed by atoms with Gasteiger partial charge in [0.05, 0.1) is 0 Å². The number of unbranched alkanes of at least 4 members (excludes halogenated alkanes) is 2. The third-order valence-corrected chi connectivity index (χ3v) is 4.55. The monoisotopic (exact) mass is 235 g/mol. The van der Waals surface area contributed by atoms with Gasteiger partial charge in [-0.2, -0.15) is 0 Å². The lowest BCUT2D eigenvalue weighted by atomic mass is 10.3. The number of hydrogen-bond donors (Lipinski definition) is 1. The van der Waals surface area contributed by atoms with Crippen LogP contribution in [-0.2, 0) is 13.3 Å². The van der Waals surface area contributed by atoms with E-state index < -0.39 is 8.97 Å². The molecule has 4 nitrogen and oxygen atoms in total. The average molecular weight is 235 g/mol. The van der Waals surface area contributed by atoms with E-state index in [4.69, 9.17) is 13.3 Å². The maximum Gasteiger partial charge on any atom is 0.596 e. The predicted molar refractivity (Wildman–Crippen MR) is 63.5 cm³/mol. The van der Waals surface area contributed by atoms with Crippen molar-refractivity contribution < 1.29 is 13.3 Å². The van der Waals surface area contributed by atoms with Crippen LogP contribution < -0.4 is 4.98 Å². The highest BCUT2D eigenvalue weighted by molar-refractivity contribution is 6.57. The van der Waals surface area contributed by atoms with E-state index in [2.05, 4.69) is 11.9 Å². The highest BCUT2D eigenvalue weighted by atomic mass is 28.4. The molecule has 0 rings (SSSR count). The van der Waals surface area contributed by atoms with Crippen molar-refractivity contribution in [2.45, 2.75) is 40.0 Å². The summed E-state index contributed by atoms with van der Waals surface area (Å²) in [5.74, 6) is 0. The van der Waals surface area contributed by atoms with E-state index in [1.54, 1.807) is 0 Å². The predicted octanol–water partition coefficient (Wildman–Crippen LogP) is 1.92. The fourth-order valence-electron chi connectivity index (χ4n) is 1.28. The van der Waals surface area contributed by atoms with Crippen molar-refractivity contribution in [1.82, 2.24) is 4.98 Å². The van der Waals surface area contributed by atoms with Crippen molar-refractivity contribution in [2.24, 2.45) is 0 Å². The van der Waals surface area contributed by atoms with E-state index in [9.17, 15) is 0 Å². The molecule has 0 saturated carbocycles. The van der Waals surface area contributed by atoms with Crippen molar-refractivity contribution in [1.29, 1.82) is 0 Å². The van der Waals surface area contributed by atoms with E-state index >= 15 is 0 Å². The van der Waals surface area contributed by atoms with Crippen molar-refractivity contribution >= 4 is 8.97 Å². The van der Waals surface area contributed by atoms with E-state index in [0.29, 0.717) is 19.8 Å². The van der Waals surface area contributed by atoms with Crippen LogP contribution in [0.25, 0.3) is 0 Å². The first kappa shape index (κ1) is 15.1. The zero-order valence-corrected chi connectivity index (χ0v) is 11.5. The molecular formula is C10H25NO3Si. The zero-order valence-electron chi connectivity index (χ0n) is 10.5. The molecule has 0 atom stereocenters. The number of hydrogen-bond acceptors (Lipinski definition) is 4. The van der Waals surface area contributed by atoms with Crippen molar-refractivity contribution in [3.63, 3.8) is 0 Å². The van der Waals surface area contributed by atoms with Crippen LogP contribution in [0.5, 0.6) is 0 Å². The van der Waals surface area contributed by atoms with Gasteiger partial charge in [0.1, 0.15) is 0 Å². The quantitative estimate of drug-likeness (QED) is 0.464. The maximum absolute atomic E-state index is 5.75. The first-order valence-electron chi connectivity index (χ1n) is 5.85. The van der Waals surface area contributed by atoms with E-state index in [0.717, 1.165) is 6.42 Å². The van der Waals surface area contributed by atoms with E-state index in [1.165, 1.54) is 12.8 Å². The second kappa shape index (κ2) is 9.29. The van der Waals surface area contributed by atoms with Crippen LogP contribution >= 0.6 is 0 Å². The first-order chi connectivity index (χ1) is 7.24. The van der Waals surface area contributed by atoms with Crippen LogP contribution in [0.3, 0.4) is 0 Å². The summed E-state index contributed by atoms with van der Waals surface area (Å²) < 4.78 is 16.9. The van der Waals surface area contributed by atoms with Gasteiger partial charge in [-0.25, -0.2) is 0 Å². The van der Waals surface area contributed by atoms with Crippen LogP contribution in [0.1, 0.15) is 40.0 Å². The van der Waals surface area contributed by atoms with Crippen LogP contribution in [-0.4, -0.2) is 35.8 Å². The van der Waals surface area contributed by atoms with Crippen molar-refractivity contribution in [2.75, 3.05) is 26.9 Å². The Bertz CT molecular complexity index is 141. The molecule has 0 bridgehead atoms. The van der Waals surface area contributed by atoms with Gasteiger partial charge in [-0.3, -0.25) is 4.98 Å². The molecule has 0 saturated heterocycles. The molecule has 0 spiro atoms. The van der Waals surface area contributed by atoms with Gasteiger partial charge in [0.2, 0.25) is 0 Å². The van der Waals surface area contributed by atoms with Gasteiger partial charge in [0.15, 0.2) is 0 Å². The minimum Gasteiger partial charge on any atom is -0.361 e. The van der Waals surface area contributed by atoms with Gasteiger partial charge in [-0.15, -0.1) is 0 Å². The topological polar surface area (TPSA) is 39.7 Å². The van der Waals surface area contributed by atoms with Gasteiger partial charge in [0.25, 0.3) is 0 Å². The summed E-state index contributed by atoms with van der Waals surface area (Å²) >= 11 is 0. The van der Waals surface area contributed by atoms with Crippen LogP contribution in [0.2, 0.25) is 0 Å². The normalized spacial score (nSPS) is 12.0. The summed E-state index contributed by atoms with van der Waals surface area (Å²) in [5, 5.41) is 0. The summed E-state index contributed by atoms with van der Waals surface area (Å²) in [6, 6.07) is 0. The van der Waals surface area contributed by atoms with E-state index in [-0.39, 0.29) is 0 Å². The summed E-state index contributed by atoms with van der Waals surface area (Å²) in [7, 11) is -0.739. The Kier molecular flexibility index (Phi) is 9.33. The third kappa shape index (κ3) is 6.27. The molecule has 92 valence electrons. The molecular weight excluding hydrogens is 210 g/mol. The SMILES string of the molecule is CCCCCO[Si](NC)(OCC)OCC. The highest BCUT2D eigenvalue weighted by Crippen LogP contribution is 2.07. The fourth-order valence-corrected chi connectivity index (χ4v) is 3.14. The molecule has 1 N–H and O–H groups in total. The Morgan fingerprint density at radius 3 is 1.93 bits per heavy atom. The van der Waals surface area contributed by atoms with Crippen molar-refractivity contribution in [3.8, 4) is 0 Å². The second-order valence-corrected chi connectivity index (χ2v) is 5.71. The van der Waals surface area contributed by atoms with Gasteiger partial charge >= 0.3 is 8.97 Å². The Labute approximate surface area is 94.7 Å². The lowest BCUT2D eigenvalue weighted by Gasteiger charge is -2.27. The molecule has 5 heteroatoms. The second-order valence-electron chi connectivity index (χ2n) is 3.23. The molecule has 0 fully saturated rings. The zero-order chi connectivity index (χ0) is 11.6. The Hall–Kier alpha value is 0.0569. The summed E-state index contributed by atoms with van der Waals surface area (Å²) in [4.78, 5) is 3.07. The Balaban J connectivity index is 3.96. The summed E-state index contributed by atoms with van der Waals surface area (Å²) in [6.07, 6.45) is 3.44. The minimum atomic E-state index is -2.57. The van der Waals surface area contributed by atoms with Gasteiger partial charge < -0.3 is 13.3 Å². The van der Waals surface area contributed by atoms with Gasteiger partial charge in [-0.1, -0.05) is 19.8 Å². The van der Waals surface area contributed by atoms with Crippen molar-refractivity contribution in [3.05, 3.63) is 0 Å². The minimum absolute atomic E-state index is 0.612. The Morgan fingerprint density at radius 1 is 0.933 bits per heavy atom. The molecule has 15 heavy (non-hydrogen) atoms. The van der Waals surface area contributed by atoms with E-state index in [1.807, 2.05) is 20.9 Å². The average Bonchev–Trinajstić information content (AvgIpc) is 2.25. The lowest BCUT2D eigenvalue weighted by molar-refractivity contribution is 0.0570. The highest BCUT2D eigenvalue weighted by Gasteiger charge is 2.39. The molecule has 0 aliphatic heterocycles. The number of nitrogens with one attached hydrogen (secondary N) is 1. The summed E-state index contributed by atoms with van der Waals surface area (Å²) in [6.45, 7) is 8.01. The standard InChI is InChI=1S/C10H25NO3Si/c1-5-8-9-10-14-15(11-4,12-6-2)13-7-3/h11H,5-10H2,1-4H3. The molecule has 0 unspecified atom stereocenters. The molecule has 0 aromatic rings. The fraction of sp³-hybridized carbons (Fsp3) is 1.00. The maximum atomic E-state index is 5.75. The van der Waals surface area contributed by atoms with Crippen LogP contribution in [0, 0.1) is 0 Å². The third-order valence-electron chi connectivity index (χ3n) is 2.01. The Morgan fingerprint density at radius 2 is 1.53 bits per heavy atom. The molecule has 0 aromatic carbocycles. The molecule has 0 radical (unpaired) electrons. The molecule has 0 aliphatic carbocycles.